The van der Waals surface area contributed by atoms with Gasteiger partial charge >= 0.3 is 11.9 Å². The third-order valence-electron chi connectivity index (χ3n) is 10.9. The Kier molecular flexibility index (Phi) is 6.59. The third-order valence-corrected chi connectivity index (χ3v) is 10.9. The van der Waals surface area contributed by atoms with E-state index in [0.29, 0.717) is 11.1 Å². The molecule has 1 aromatic carbocycles. The van der Waals surface area contributed by atoms with Crippen LogP contribution in [-0.2, 0) is 28.5 Å². The summed E-state index contributed by atoms with van der Waals surface area (Å²) >= 11 is 0. The molecule has 4 fully saturated rings. The number of hydrogen-bond acceptors (Lipinski definition) is 9. The minimum absolute atomic E-state index is 0.0773. The number of ether oxygens (including phenoxy) is 5. The molecule has 0 aromatic heterocycles. The van der Waals surface area contributed by atoms with E-state index in [4.69, 9.17) is 23.7 Å². The first-order valence-corrected chi connectivity index (χ1v) is 14.7. The van der Waals surface area contributed by atoms with Crippen LogP contribution in [0.25, 0.3) is 0 Å². The van der Waals surface area contributed by atoms with Gasteiger partial charge in [-0.3, -0.25) is 4.79 Å². The Morgan fingerprint density at radius 3 is 2.33 bits per heavy atom. The second kappa shape index (κ2) is 9.32. The summed E-state index contributed by atoms with van der Waals surface area (Å²) in [5.74, 6) is -3.61. The molecule has 230 valence electrons. The minimum atomic E-state index is -1.94. The maximum atomic E-state index is 16.9. The summed E-state index contributed by atoms with van der Waals surface area (Å²) in [4.78, 5) is 26.5. The van der Waals surface area contributed by atoms with Gasteiger partial charge in [-0.15, -0.1) is 0 Å². The fraction of sp³-hybridized carbons (Fsp3) is 0.688. The Hall–Kier alpha value is -2.37. The molecule has 6 rings (SSSR count). The normalized spacial score (nSPS) is 44.9. The highest BCUT2D eigenvalue weighted by atomic mass is 19.1. The van der Waals surface area contributed by atoms with Crippen molar-refractivity contribution < 1.29 is 47.9 Å². The molecule has 10 heteroatoms. The number of halogens is 1. The summed E-state index contributed by atoms with van der Waals surface area (Å²) < 4.78 is 48.2. The van der Waals surface area contributed by atoms with Crippen LogP contribution in [0.3, 0.4) is 0 Å². The monoisotopic (exact) mass is 588 g/mol. The van der Waals surface area contributed by atoms with Crippen LogP contribution in [0.1, 0.15) is 71.7 Å². The first kappa shape index (κ1) is 29.7. The molecule has 0 unspecified atom stereocenters. The van der Waals surface area contributed by atoms with E-state index in [-0.39, 0.29) is 25.0 Å². The number of hydrogen-bond donors (Lipinski definition) is 2. The van der Waals surface area contributed by atoms with Gasteiger partial charge in [0.05, 0.1) is 30.3 Å². The summed E-state index contributed by atoms with van der Waals surface area (Å²) in [6.45, 7) is 11.8. The Balaban J connectivity index is 1.66. The molecule has 9 nitrogen and oxygen atoms in total. The second-order valence-electron chi connectivity index (χ2n) is 13.9. The average Bonchev–Trinajstić information content (AvgIpc) is 3.22. The van der Waals surface area contributed by atoms with Crippen molar-refractivity contribution in [3.63, 3.8) is 0 Å². The van der Waals surface area contributed by atoms with E-state index in [2.05, 4.69) is 0 Å². The van der Waals surface area contributed by atoms with E-state index in [9.17, 15) is 19.8 Å². The summed E-state index contributed by atoms with van der Waals surface area (Å²) in [7, 11) is 0. The van der Waals surface area contributed by atoms with Crippen molar-refractivity contribution in [1.82, 2.24) is 0 Å². The number of aliphatic hydroxyl groups excluding tert-OH is 1. The van der Waals surface area contributed by atoms with Crippen LogP contribution in [0.15, 0.2) is 41.5 Å². The Morgan fingerprint density at radius 2 is 1.74 bits per heavy atom. The van der Waals surface area contributed by atoms with Gasteiger partial charge in [-0.05, 0) is 44.1 Å². The molecule has 0 amide bonds. The minimum Gasteiger partial charge on any atom is -0.455 e. The summed E-state index contributed by atoms with van der Waals surface area (Å²) in [5.41, 5.74) is -4.61. The topological polar surface area (TPSA) is 121 Å². The molecule has 1 aromatic rings. The van der Waals surface area contributed by atoms with Gasteiger partial charge in [0.1, 0.15) is 30.1 Å². The first-order valence-electron chi connectivity index (χ1n) is 14.7. The molecule has 2 bridgehead atoms. The third kappa shape index (κ3) is 3.84. The average molecular weight is 589 g/mol. The Morgan fingerprint density at radius 1 is 1.07 bits per heavy atom. The highest BCUT2D eigenvalue weighted by Crippen LogP contribution is 2.67. The van der Waals surface area contributed by atoms with Crippen molar-refractivity contribution in [2.75, 3.05) is 6.61 Å². The lowest BCUT2D eigenvalue weighted by atomic mass is 9.44. The van der Waals surface area contributed by atoms with Crippen molar-refractivity contribution in [3.05, 3.63) is 47.0 Å². The van der Waals surface area contributed by atoms with Gasteiger partial charge in [0.2, 0.25) is 0 Å². The standard InChI is InChI=1S/C32H41FO9/c1-16-19(35)14-32(37)26(39-27(36)18-11-9-8-10-12-18)24-30(7,20(33)13-21-31(24,15-38-21)40-17(2)34)25-23(22(16)28(32,3)4)41-29(5,6)42-25/h8-12,19-21,23-26,35,37H,13-15H2,1-7H3/t19-,20+,21+,23+,24-,25+,26-,30+,31-,32+/m0/s1. The van der Waals surface area contributed by atoms with Gasteiger partial charge in [0.15, 0.2) is 11.4 Å². The van der Waals surface area contributed by atoms with E-state index in [1.54, 1.807) is 58.0 Å². The molecular formula is C32H41FO9. The SMILES string of the molecule is CC(=O)O[C@@]12CO[C@@H]1C[C@@H](F)[C@@]1(C)[C@@H]3OC(C)(C)O[C@@H]3C3=C(C)[C@@H](O)C[C@@](O)([C@@H](OC(=O)c4ccccc4)[C@H]21)C3(C)C. The molecule has 2 saturated heterocycles. The number of aliphatic hydroxyl groups is 2. The number of carbonyl (C=O) groups excluding carboxylic acids is 2. The summed E-state index contributed by atoms with van der Waals surface area (Å²) in [6.07, 6.45) is -7.05. The number of rotatable bonds is 3. The molecule has 10 atom stereocenters. The van der Waals surface area contributed by atoms with Crippen LogP contribution < -0.4 is 0 Å². The lowest BCUT2D eigenvalue weighted by Crippen LogP contribution is -2.81. The van der Waals surface area contributed by atoms with Gasteiger partial charge in [-0.2, -0.15) is 0 Å². The van der Waals surface area contributed by atoms with E-state index < -0.39 is 82.4 Å². The number of alkyl halides is 1. The van der Waals surface area contributed by atoms with E-state index in [1.165, 1.54) is 6.92 Å². The zero-order chi connectivity index (χ0) is 30.6. The summed E-state index contributed by atoms with van der Waals surface area (Å²) in [5, 5.41) is 24.4. The molecule has 2 saturated carbocycles. The van der Waals surface area contributed by atoms with Crippen molar-refractivity contribution in [2.45, 2.75) is 115 Å². The molecule has 2 aliphatic heterocycles. The maximum Gasteiger partial charge on any atom is 0.338 e. The second-order valence-corrected chi connectivity index (χ2v) is 13.9. The Bertz CT molecular complexity index is 1330. The number of carbonyl (C=O) groups is 2. The fourth-order valence-electron chi connectivity index (χ4n) is 8.74. The van der Waals surface area contributed by atoms with Gasteiger partial charge in [0.25, 0.3) is 0 Å². The van der Waals surface area contributed by atoms with Gasteiger partial charge in [0, 0.05) is 30.6 Å². The molecule has 3 aliphatic carbocycles. The molecule has 2 heterocycles. The van der Waals surface area contributed by atoms with Gasteiger partial charge < -0.3 is 33.9 Å². The molecule has 5 aliphatic rings. The van der Waals surface area contributed by atoms with Crippen LogP contribution in [0.4, 0.5) is 4.39 Å². The smallest absolute Gasteiger partial charge is 0.338 e. The molecule has 0 radical (unpaired) electrons. The van der Waals surface area contributed by atoms with Crippen molar-refractivity contribution in [2.24, 2.45) is 16.7 Å². The molecule has 42 heavy (non-hydrogen) atoms. The van der Waals surface area contributed by atoms with Crippen LogP contribution in [-0.4, -0.2) is 82.4 Å². The van der Waals surface area contributed by atoms with Crippen LogP contribution in [0.2, 0.25) is 0 Å². The predicted molar refractivity (Wildman–Crippen MR) is 147 cm³/mol. The highest BCUT2D eigenvalue weighted by molar-refractivity contribution is 5.89. The van der Waals surface area contributed by atoms with Gasteiger partial charge in [-0.25, -0.2) is 9.18 Å². The van der Waals surface area contributed by atoms with Crippen LogP contribution >= 0.6 is 0 Å². The van der Waals surface area contributed by atoms with Gasteiger partial charge in [-0.1, -0.05) is 39.0 Å². The lowest BCUT2D eigenvalue weighted by molar-refractivity contribution is -0.357. The molecule has 2 N–H and O–H groups in total. The largest absolute Gasteiger partial charge is 0.455 e. The fourth-order valence-corrected chi connectivity index (χ4v) is 8.74. The number of benzene rings is 1. The number of esters is 2. The summed E-state index contributed by atoms with van der Waals surface area (Å²) in [6, 6.07) is 8.33. The zero-order valence-corrected chi connectivity index (χ0v) is 25.2. The van der Waals surface area contributed by atoms with Crippen molar-refractivity contribution >= 4 is 11.9 Å². The Labute approximate surface area is 245 Å². The maximum absolute atomic E-state index is 16.9. The lowest BCUT2D eigenvalue weighted by Gasteiger charge is -2.68. The molecular weight excluding hydrogens is 547 g/mol. The van der Waals surface area contributed by atoms with E-state index in [0.717, 1.165) is 0 Å². The zero-order valence-electron chi connectivity index (χ0n) is 25.2. The molecule has 0 spiro atoms. The quantitative estimate of drug-likeness (QED) is 0.403. The number of fused-ring (bicyclic) bond motifs is 8. The van der Waals surface area contributed by atoms with E-state index >= 15 is 4.39 Å². The van der Waals surface area contributed by atoms with Crippen molar-refractivity contribution in [1.29, 1.82) is 0 Å². The van der Waals surface area contributed by atoms with Crippen LogP contribution in [0, 0.1) is 16.7 Å². The van der Waals surface area contributed by atoms with Crippen molar-refractivity contribution in [3.8, 4) is 0 Å². The first-order chi connectivity index (χ1) is 19.5. The predicted octanol–water partition coefficient (Wildman–Crippen LogP) is 3.65. The van der Waals surface area contributed by atoms with E-state index in [1.807, 2.05) is 13.8 Å². The highest BCUT2D eigenvalue weighted by Gasteiger charge is 2.79. The van der Waals surface area contributed by atoms with Crippen LogP contribution in [0.5, 0.6) is 0 Å².